The van der Waals surface area contributed by atoms with Crippen molar-refractivity contribution >= 4 is 0 Å². The van der Waals surface area contributed by atoms with Gasteiger partial charge in [0.1, 0.15) is 0 Å². The molecule has 2 heterocycles. The summed E-state index contributed by atoms with van der Waals surface area (Å²) in [5.41, 5.74) is 9.83. The van der Waals surface area contributed by atoms with Gasteiger partial charge in [0.05, 0.1) is 5.69 Å². The Kier molecular flexibility index (Phi) is 2.87. The highest BCUT2D eigenvalue weighted by Crippen LogP contribution is 2.23. The summed E-state index contributed by atoms with van der Waals surface area (Å²) in [5, 5.41) is 4.64. The van der Waals surface area contributed by atoms with Crippen molar-refractivity contribution in [1.82, 2.24) is 9.78 Å². The summed E-state index contributed by atoms with van der Waals surface area (Å²) in [6, 6.07) is 0. The van der Waals surface area contributed by atoms with Crippen molar-refractivity contribution < 1.29 is 0 Å². The van der Waals surface area contributed by atoms with E-state index in [1.54, 1.807) is 0 Å². The fourth-order valence-corrected chi connectivity index (χ4v) is 2.33. The van der Waals surface area contributed by atoms with Crippen molar-refractivity contribution in [2.75, 3.05) is 6.54 Å². The lowest BCUT2D eigenvalue weighted by molar-refractivity contribution is 0.642. The van der Waals surface area contributed by atoms with Crippen LogP contribution in [0.4, 0.5) is 0 Å². The molecule has 1 aliphatic rings. The molecule has 0 unspecified atom stereocenters. The highest BCUT2D eigenvalue weighted by atomic mass is 15.3. The van der Waals surface area contributed by atoms with Crippen LogP contribution in [-0.2, 0) is 25.8 Å². The Balaban J connectivity index is 2.30. The van der Waals surface area contributed by atoms with E-state index in [1.165, 1.54) is 42.6 Å². The second-order valence-electron chi connectivity index (χ2n) is 3.99. The fourth-order valence-electron chi connectivity index (χ4n) is 2.33. The second-order valence-corrected chi connectivity index (χ2v) is 3.99. The maximum Gasteiger partial charge on any atom is 0.0672 e. The van der Waals surface area contributed by atoms with Gasteiger partial charge in [-0.1, -0.05) is 13.3 Å². The number of hydrogen-bond acceptors (Lipinski definition) is 2. The van der Waals surface area contributed by atoms with Crippen molar-refractivity contribution in [3.63, 3.8) is 0 Å². The molecule has 0 saturated carbocycles. The topological polar surface area (TPSA) is 43.8 Å². The number of nitrogens with two attached hydrogens (primary N) is 1. The first kappa shape index (κ1) is 9.71. The lowest BCUT2D eigenvalue weighted by Gasteiger charge is -2.01. The first-order valence-electron chi connectivity index (χ1n) is 5.64. The summed E-state index contributed by atoms with van der Waals surface area (Å²) in [6.07, 6.45) is 5.80. The van der Waals surface area contributed by atoms with Crippen LogP contribution in [-0.4, -0.2) is 16.3 Å². The lowest BCUT2D eigenvalue weighted by atomic mass is 10.0. The van der Waals surface area contributed by atoms with Crippen molar-refractivity contribution in [1.29, 1.82) is 0 Å². The molecule has 2 N–H and O–H groups in total. The van der Waals surface area contributed by atoms with E-state index in [0.717, 1.165) is 13.0 Å². The number of hydrogen-bond donors (Lipinski definition) is 1. The Bertz CT molecular complexity index is 315. The summed E-state index contributed by atoms with van der Waals surface area (Å²) >= 11 is 0. The second kappa shape index (κ2) is 4.13. The quantitative estimate of drug-likeness (QED) is 0.783. The van der Waals surface area contributed by atoms with Gasteiger partial charge in [-0.05, 0) is 31.4 Å². The molecular formula is C11H19N3. The van der Waals surface area contributed by atoms with E-state index in [4.69, 9.17) is 5.73 Å². The Morgan fingerprint density at radius 2 is 2.29 bits per heavy atom. The molecule has 14 heavy (non-hydrogen) atoms. The predicted octanol–water partition coefficient (Wildman–Crippen LogP) is 1.28. The minimum Gasteiger partial charge on any atom is -0.330 e. The molecule has 0 aromatic carbocycles. The number of fused-ring (bicyclic) bond motifs is 1. The highest BCUT2D eigenvalue weighted by Gasteiger charge is 2.19. The smallest absolute Gasteiger partial charge is 0.0672 e. The van der Waals surface area contributed by atoms with Gasteiger partial charge in [0.15, 0.2) is 0 Å². The van der Waals surface area contributed by atoms with Gasteiger partial charge in [-0.15, -0.1) is 0 Å². The van der Waals surface area contributed by atoms with E-state index < -0.39 is 0 Å². The zero-order chi connectivity index (χ0) is 9.97. The Morgan fingerprint density at radius 1 is 1.43 bits per heavy atom. The van der Waals surface area contributed by atoms with Gasteiger partial charge in [0.2, 0.25) is 0 Å². The first-order chi connectivity index (χ1) is 6.86. The largest absolute Gasteiger partial charge is 0.330 e. The fraction of sp³-hybridized carbons (Fsp3) is 0.727. The van der Waals surface area contributed by atoms with Crippen molar-refractivity contribution in [2.24, 2.45) is 5.73 Å². The van der Waals surface area contributed by atoms with E-state index >= 15 is 0 Å². The zero-order valence-electron chi connectivity index (χ0n) is 8.92. The Morgan fingerprint density at radius 3 is 3.00 bits per heavy atom. The van der Waals surface area contributed by atoms with Crippen molar-refractivity contribution in [3.05, 3.63) is 17.0 Å². The molecule has 1 aromatic rings. The van der Waals surface area contributed by atoms with Gasteiger partial charge >= 0.3 is 0 Å². The van der Waals surface area contributed by atoms with E-state index in [-0.39, 0.29) is 0 Å². The van der Waals surface area contributed by atoms with Crippen LogP contribution in [0.15, 0.2) is 0 Å². The summed E-state index contributed by atoms with van der Waals surface area (Å²) < 4.78 is 2.19. The third-order valence-corrected chi connectivity index (χ3v) is 2.91. The molecule has 0 saturated heterocycles. The van der Waals surface area contributed by atoms with Crippen LogP contribution < -0.4 is 5.73 Å². The van der Waals surface area contributed by atoms with Crippen LogP contribution in [0, 0.1) is 0 Å². The molecule has 0 spiro atoms. The number of aryl methyl sites for hydroxylation is 1. The maximum atomic E-state index is 5.60. The summed E-state index contributed by atoms with van der Waals surface area (Å²) in [6.45, 7) is 4.05. The van der Waals surface area contributed by atoms with E-state index in [9.17, 15) is 0 Å². The molecule has 0 bridgehead atoms. The minimum absolute atomic E-state index is 0.715. The average Bonchev–Trinajstić information content (AvgIpc) is 2.71. The van der Waals surface area contributed by atoms with E-state index in [1.807, 2.05) is 0 Å². The van der Waals surface area contributed by atoms with Gasteiger partial charge in [-0.2, -0.15) is 5.10 Å². The number of rotatable bonds is 4. The molecule has 3 heteroatoms. The Hall–Kier alpha value is -0.830. The molecule has 0 aliphatic carbocycles. The van der Waals surface area contributed by atoms with Gasteiger partial charge in [-0.3, -0.25) is 4.68 Å². The van der Waals surface area contributed by atoms with E-state index in [2.05, 4.69) is 16.7 Å². The van der Waals surface area contributed by atoms with Crippen LogP contribution in [0.3, 0.4) is 0 Å². The lowest BCUT2D eigenvalue weighted by Crippen LogP contribution is -2.06. The van der Waals surface area contributed by atoms with Crippen LogP contribution in [0.5, 0.6) is 0 Å². The van der Waals surface area contributed by atoms with Crippen molar-refractivity contribution in [3.8, 4) is 0 Å². The third kappa shape index (κ3) is 1.57. The average molecular weight is 193 g/mol. The third-order valence-electron chi connectivity index (χ3n) is 2.91. The SMILES string of the molecule is CCCc1c(CCN)nn2c1CCC2. The minimum atomic E-state index is 0.715. The van der Waals surface area contributed by atoms with Crippen LogP contribution in [0.2, 0.25) is 0 Å². The normalized spacial score (nSPS) is 14.7. The molecule has 3 nitrogen and oxygen atoms in total. The van der Waals surface area contributed by atoms with E-state index in [0.29, 0.717) is 6.54 Å². The van der Waals surface area contributed by atoms with Crippen LogP contribution >= 0.6 is 0 Å². The van der Waals surface area contributed by atoms with Gasteiger partial charge in [0.25, 0.3) is 0 Å². The maximum absolute atomic E-state index is 5.60. The molecule has 0 amide bonds. The molecule has 1 aromatic heterocycles. The molecule has 0 fully saturated rings. The van der Waals surface area contributed by atoms with Crippen LogP contribution in [0.25, 0.3) is 0 Å². The number of nitrogens with zero attached hydrogens (tertiary/aromatic N) is 2. The van der Waals surface area contributed by atoms with Crippen LogP contribution in [0.1, 0.15) is 36.7 Å². The molecule has 2 rings (SSSR count). The van der Waals surface area contributed by atoms with Gasteiger partial charge < -0.3 is 5.73 Å². The number of aromatic nitrogens is 2. The highest BCUT2D eigenvalue weighted by molar-refractivity contribution is 5.28. The molecule has 0 radical (unpaired) electrons. The standard InChI is InChI=1S/C11H19N3/c1-2-4-9-10(6-7-12)13-14-8-3-5-11(9)14/h2-8,12H2,1H3. The first-order valence-corrected chi connectivity index (χ1v) is 5.64. The van der Waals surface area contributed by atoms with Gasteiger partial charge in [0, 0.05) is 18.7 Å². The molecule has 78 valence electrons. The predicted molar refractivity (Wildman–Crippen MR) is 57.3 cm³/mol. The Labute approximate surface area is 85.3 Å². The van der Waals surface area contributed by atoms with Crippen molar-refractivity contribution in [2.45, 2.75) is 45.6 Å². The summed E-state index contributed by atoms with van der Waals surface area (Å²) in [7, 11) is 0. The molecular weight excluding hydrogens is 174 g/mol. The summed E-state index contributed by atoms with van der Waals surface area (Å²) in [5.74, 6) is 0. The monoisotopic (exact) mass is 193 g/mol. The molecule has 0 atom stereocenters. The van der Waals surface area contributed by atoms with Gasteiger partial charge in [-0.25, -0.2) is 0 Å². The zero-order valence-corrected chi connectivity index (χ0v) is 8.92. The molecule has 1 aliphatic heterocycles. The summed E-state index contributed by atoms with van der Waals surface area (Å²) in [4.78, 5) is 0.